The van der Waals surface area contributed by atoms with Crippen LogP contribution in [0.5, 0.6) is 0 Å². The predicted octanol–water partition coefficient (Wildman–Crippen LogP) is 3.20. The van der Waals surface area contributed by atoms with Crippen molar-refractivity contribution in [1.82, 2.24) is 9.55 Å². The highest BCUT2D eigenvalue weighted by Gasteiger charge is 2.26. The Morgan fingerprint density at radius 1 is 1.44 bits per heavy atom. The van der Waals surface area contributed by atoms with Gasteiger partial charge in [0.25, 0.3) is 0 Å². The zero-order valence-corrected chi connectivity index (χ0v) is 10.9. The van der Waals surface area contributed by atoms with E-state index < -0.39 is 0 Å². The predicted molar refractivity (Wildman–Crippen MR) is 71.7 cm³/mol. The van der Waals surface area contributed by atoms with Gasteiger partial charge in [-0.05, 0) is 50.8 Å². The fraction of sp³-hybridized carbons (Fsp3) is 0.467. The summed E-state index contributed by atoms with van der Waals surface area (Å²) in [6, 6.07) is 7.08. The minimum Gasteiger partial charge on any atom is -0.325 e. The number of imidazole rings is 1. The lowest BCUT2D eigenvalue weighted by molar-refractivity contribution is -0.116. The summed E-state index contributed by atoms with van der Waals surface area (Å²) in [4.78, 5) is 15.7. The molecule has 3 rings (SSSR count). The molecule has 2 aromatic rings. The van der Waals surface area contributed by atoms with Gasteiger partial charge in [0.05, 0.1) is 11.0 Å². The molecule has 0 spiro atoms. The first kappa shape index (κ1) is 11.5. The lowest BCUT2D eigenvalue weighted by Gasteiger charge is -2.04. The van der Waals surface area contributed by atoms with Gasteiger partial charge in [-0.3, -0.25) is 0 Å². The molecule has 0 unspecified atom stereocenters. The molecule has 94 valence electrons. The minimum atomic E-state index is 0.245. The largest absolute Gasteiger partial charge is 0.325 e. The Bertz CT molecular complexity index is 608. The molecule has 1 aromatic carbocycles. The summed E-state index contributed by atoms with van der Waals surface area (Å²) in [5.41, 5.74) is 3.51. The number of aromatic nitrogens is 2. The first-order valence-electron chi connectivity index (χ1n) is 6.62. The van der Waals surface area contributed by atoms with Crippen LogP contribution in [0.3, 0.4) is 0 Å². The van der Waals surface area contributed by atoms with Gasteiger partial charge in [-0.2, -0.15) is 0 Å². The Labute approximate surface area is 107 Å². The van der Waals surface area contributed by atoms with E-state index in [4.69, 9.17) is 0 Å². The van der Waals surface area contributed by atoms with E-state index in [1.165, 1.54) is 23.9 Å². The molecule has 3 nitrogen and oxygen atoms in total. The Morgan fingerprint density at radius 3 is 2.89 bits per heavy atom. The summed E-state index contributed by atoms with van der Waals surface area (Å²) in [6.07, 6.45) is 3.99. The second kappa shape index (κ2) is 4.23. The molecule has 0 aliphatic heterocycles. The molecule has 1 aliphatic rings. The zero-order valence-electron chi connectivity index (χ0n) is 10.9. The third-order valence-electron chi connectivity index (χ3n) is 3.61. The van der Waals surface area contributed by atoms with E-state index in [-0.39, 0.29) is 5.78 Å². The second-order valence-corrected chi connectivity index (χ2v) is 5.29. The van der Waals surface area contributed by atoms with Gasteiger partial charge >= 0.3 is 0 Å². The lowest BCUT2D eigenvalue weighted by atomic mass is 10.1. The number of hydrogen-bond donors (Lipinski definition) is 0. The topological polar surface area (TPSA) is 34.9 Å². The molecule has 0 radical (unpaired) electrons. The molecule has 1 saturated carbocycles. The number of benzene rings is 1. The van der Waals surface area contributed by atoms with Gasteiger partial charge in [0.15, 0.2) is 0 Å². The number of Topliss-reactive ketones (excluding diaryl/α,β-unsaturated/α-hetero) is 1. The SMILES string of the molecule is CC(=O)CCc1ccc2c(c1)nc(C)n2C1CC1. The number of carbonyl (C=O) groups excluding carboxylic acids is 1. The van der Waals surface area contributed by atoms with Gasteiger partial charge in [0.1, 0.15) is 11.6 Å². The standard InChI is InChI=1S/C15H18N2O/c1-10(18)3-4-12-5-8-15-14(9-12)16-11(2)17(15)13-6-7-13/h5,8-9,13H,3-4,6-7H2,1-2H3. The summed E-state index contributed by atoms with van der Waals surface area (Å²) in [6.45, 7) is 3.72. The molecule has 1 fully saturated rings. The van der Waals surface area contributed by atoms with Crippen LogP contribution >= 0.6 is 0 Å². The number of nitrogens with zero attached hydrogens (tertiary/aromatic N) is 2. The molecule has 18 heavy (non-hydrogen) atoms. The quantitative estimate of drug-likeness (QED) is 0.825. The van der Waals surface area contributed by atoms with Gasteiger partial charge in [-0.1, -0.05) is 6.07 Å². The van der Waals surface area contributed by atoms with Crippen LogP contribution in [0, 0.1) is 6.92 Å². The molecule has 1 aromatic heterocycles. The molecule has 1 aliphatic carbocycles. The van der Waals surface area contributed by atoms with E-state index in [2.05, 4.69) is 34.7 Å². The Morgan fingerprint density at radius 2 is 2.22 bits per heavy atom. The number of rotatable bonds is 4. The van der Waals surface area contributed by atoms with Crippen LogP contribution in [0.25, 0.3) is 11.0 Å². The fourth-order valence-electron chi connectivity index (χ4n) is 2.53. The van der Waals surface area contributed by atoms with Gasteiger partial charge in [0.2, 0.25) is 0 Å². The fourth-order valence-corrected chi connectivity index (χ4v) is 2.53. The summed E-state index contributed by atoms with van der Waals surface area (Å²) in [7, 11) is 0. The van der Waals surface area contributed by atoms with Crippen molar-refractivity contribution in [3.05, 3.63) is 29.6 Å². The number of ketones is 1. The smallest absolute Gasteiger partial charge is 0.130 e. The van der Waals surface area contributed by atoms with Crippen LogP contribution < -0.4 is 0 Å². The van der Waals surface area contributed by atoms with Crippen molar-refractivity contribution >= 4 is 16.8 Å². The average Bonchev–Trinajstić information content (AvgIpc) is 3.09. The van der Waals surface area contributed by atoms with Crippen LogP contribution in [0.15, 0.2) is 18.2 Å². The maximum Gasteiger partial charge on any atom is 0.130 e. The van der Waals surface area contributed by atoms with E-state index in [0.29, 0.717) is 12.5 Å². The van der Waals surface area contributed by atoms with Crippen LogP contribution in [0.1, 0.15) is 43.6 Å². The number of fused-ring (bicyclic) bond motifs is 1. The van der Waals surface area contributed by atoms with Crippen LogP contribution in [0.4, 0.5) is 0 Å². The maximum atomic E-state index is 11.0. The van der Waals surface area contributed by atoms with E-state index >= 15 is 0 Å². The zero-order chi connectivity index (χ0) is 12.7. The molecule has 0 saturated heterocycles. The Kier molecular flexibility index (Phi) is 2.69. The number of hydrogen-bond acceptors (Lipinski definition) is 2. The molecule has 3 heteroatoms. The molecule has 0 atom stereocenters. The third kappa shape index (κ3) is 2.05. The van der Waals surface area contributed by atoms with E-state index in [1.807, 2.05) is 0 Å². The Hall–Kier alpha value is -1.64. The average molecular weight is 242 g/mol. The first-order valence-corrected chi connectivity index (χ1v) is 6.62. The van der Waals surface area contributed by atoms with Gasteiger partial charge < -0.3 is 9.36 Å². The summed E-state index contributed by atoms with van der Waals surface area (Å²) in [5, 5.41) is 0. The minimum absolute atomic E-state index is 0.245. The van der Waals surface area contributed by atoms with Crippen molar-refractivity contribution in [2.45, 2.75) is 45.6 Å². The summed E-state index contributed by atoms with van der Waals surface area (Å²) < 4.78 is 2.35. The van der Waals surface area contributed by atoms with Crippen molar-refractivity contribution in [3.63, 3.8) is 0 Å². The molecule has 1 heterocycles. The highest BCUT2D eigenvalue weighted by atomic mass is 16.1. The monoisotopic (exact) mass is 242 g/mol. The molecule has 0 bridgehead atoms. The normalized spacial score (nSPS) is 15.2. The third-order valence-corrected chi connectivity index (χ3v) is 3.61. The van der Waals surface area contributed by atoms with Crippen LogP contribution in [-0.4, -0.2) is 15.3 Å². The van der Waals surface area contributed by atoms with Gasteiger partial charge in [-0.25, -0.2) is 4.98 Å². The highest BCUT2D eigenvalue weighted by Crippen LogP contribution is 2.38. The van der Waals surface area contributed by atoms with Crippen molar-refractivity contribution in [1.29, 1.82) is 0 Å². The molecule has 0 amide bonds. The van der Waals surface area contributed by atoms with Crippen LogP contribution in [0.2, 0.25) is 0 Å². The molecular formula is C15H18N2O. The summed E-state index contributed by atoms with van der Waals surface area (Å²) >= 11 is 0. The molecule has 0 N–H and O–H groups in total. The van der Waals surface area contributed by atoms with E-state index in [1.54, 1.807) is 6.92 Å². The number of aryl methyl sites for hydroxylation is 2. The van der Waals surface area contributed by atoms with E-state index in [0.717, 1.165) is 17.8 Å². The van der Waals surface area contributed by atoms with Crippen molar-refractivity contribution < 1.29 is 4.79 Å². The maximum absolute atomic E-state index is 11.0. The van der Waals surface area contributed by atoms with Crippen molar-refractivity contribution in [2.24, 2.45) is 0 Å². The van der Waals surface area contributed by atoms with Gasteiger partial charge in [0, 0.05) is 12.5 Å². The highest BCUT2D eigenvalue weighted by molar-refractivity contribution is 5.78. The molecular weight excluding hydrogens is 224 g/mol. The second-order valence-electron chi connectivity index (χ2n) is 5.29. The first-order chi connectivity index (χ1) is 8.65. The van der Waals surface area contributed by atoms with Gasteiger partial charge in [-0.15, -0.1) is 0 Å². The number of carbonyl (C=O) groups is 1. The van der Waals surface area contributed by atoms with E-state index in [9.17, 15) is 4.79 Å². The summed E-state index contributed by atoms with van der Waals surface area (Å²) in [5.74, 6) is 1.35. The lowest BCUT2D eigenvalue weighted by Crippen LogP contribution is -1.96. The van der Waals surface area contributed by atoms with Crippen molar-refractivity contribution in [2.75, 3.05) is 0 Å². The van der Waals surface area contributed by atoms with Crippen LogP contribution in [-0.2, 0) is 11.2 Å². The van der Waals surface area contributed by atoms with Crippen molar-refractivity contribution in [3.8, 4) is 0 Å². The Balaban J connectivity index is 1.95.